The fraction of sp³-hybridized carbons (Fsp3) is 0.875. The predicted octanol–water partition coefficient (Wildman–Crippen LogP) is -0.0254. The quantitative estimate of drug-likeness (QED) is 0.719. The molecule has 1 unspecified atom stereocenters. The van der Waals surface area contributed by atoms with E-state index in [1.54, 1.807) is 19.0 Å². The van der Waals surface area contributed by atoms with Crippen molar-refractivity contribution in [3.63, 3.8) is 0 Å². The molecule has 1 saturated carbocycles. The van der Waals surface area contributed by atoms with Gasteiger partial charge < -0.3 is 19.3 Å². The van der Waals surface area contributed by atoms with E-state index >= 15 is 0 Å². The van der Waals surface area contributed by atoms with Crippen LogP contribution in [0.3, 0.4) is 0 Å². The molecular formula is C16H24N2O4. The summed E-state index contributed by atoms with van der Waals surface area (Å²) in [7, 11) is 3.58. The second kappa shape index (κ2) is 4.93. The van der Waals surface area contributed by atoms with E-state index in [0.29, 0.717) is 31.5 Å². The Morgan fingerprint density at radius 1 is 1.23 bits per heavy atom. The Morgan fingerprint density at radius 2 is 1.95 bits per heavy atom. The first-order valence-electron chi connectivity index (χ1n) is 8.24. The minimum absolute atomic E-state index is 0.0338. The topological polar surface area (TPSA) is 59.1 Å². The second-order valence-corrected chi connectivity index (χ2v) is 7.40. The summed E-state index contributed by atoms with van der Waals surface area (Å²) in [5.41, 5.74) is -0.530. The zero-order chi connectivity index (χ0) is 15.5. The molecule has 0 radical (unpaired) electrons. The van der Waals surface area contributed by atoms with Gasteiger partial charge in [0.15, 0.2) is 0 Å². The summed E-state index contributed by atoms with van der Waals surface area (Å²) >= 11 is 0. The lowest BCUT2D eigenvalue weighted by Crippen LogP contribution is -2.58. The summed E-state index contributed by atoms with van der Waals surface area (Å²) in [6.45, 7) is 3.30. The van der Waals surface area contributed by atoms with Crippen molar-refractivity contribution in [2.45, 2.75) is 18.9 Å². The molecule has 0 aromatic carbocycles. The average Bonchev–Trinajstić information content (AvgIpc) is 2.90. The third-order valence-electron chi connectivity index (χ3n) is 6.00. The van der Waals surface area contributed by atoms with Gasteiger partial charge in [0.1, 0.15) is 0 Å². The fourth-order valence-corrected chi connectivity index (χ4v) is 4.70. The smallest absolute Gasteiger partial charge is 0.232 e. The number of carbonyl (C=O) groups excluding carboxylic acids is 2. The summed E-state index contributed by atoms with van der Waals surface area (Å²) < 4.78 is 11.2. The van der Waals surface area contributed by atoms with E-state index in [1.807, 2.05) is 4.90 Å². The summed E-state index contributed by atoms with van der Waals surface area (Å²) in [6.07, 6.45) is 1.46. The molecule has 3 saturated heterocycles. The van der Waals surface area contributed by atoms with Crippen molar-refractivity contribution < 1.29 is 19.1 Å². The van der Waals surface area contributed by atoms with E-state index in [-0.39, 0.29) is 23.8 Å². The van der Waals surface area contributed by atoms with Gasteiger partial charge in [0.05, 0.1) is 24.7 Å². The van der Waals surface area contributed by atoms with Gasteiger partial charge in [-0.2, -0.15) is 0 Å². The third kappa shape index (κ3) is 1.93. The molecule has 0 bridgehead atoms. The van der Waals surface area contributed by atoms with Crippen LogP contribution >= 0.6 is 0 Å². The van der Waals surface area contributed by atoms with E-state index in [9.17, 15) is 9.59 Å². The van der Waals surface area contributed by atoms with Gasteiger partial charge in [-0.05, 0) is 24.7 Å². The highest BCUT2D eigenvalue weighted by Crippen LogP contribution is 2.52. The molecule has 4 fully saturated rings. The van der Waals surface area contributed by atoms with Crippen LogP contribution in [0.4, 0.5) is 0 Å². The zero-order valence-corrected chi connectivity index (χ0v) is 13.3. The highest BCUT2D eigenvalue weighted by atomic mass is 16.5. The van der Waals surface area contributed by atoms with Crippen LogP contribution < -0.4 is 0 Å². The lowest BCUT2D eigenvalue weighted by Gasteiger charge is -2.43. The maximum Gasteiger partial charge on any atom is 0.232 e. The predicted molar refractivity (Wildman–Crippen MR) is 78.0 cm³/mol. The molecule has 4 rings (SSSR count). The first-order valence-corrected chi connectivity index (χ1v) is 8.24. The Bertz CT molecular complexity index is 498. The largest absolute Gasteiger partial charge is 0.381 e. The molecule has 3 aliphatic heterocycles. The van der Waals surface area contributed by atoms with E-state index in [2.05, 4.69) is 0 Å². The minimum atomic E-state index is -0.530. The van der Waals surface area contributed by atoms with Crippen LogP contribution in [0.15, 0.2) is 0 Å². The number of piperidine rings is 1. The number of ether oxygens (including phenoxy) is 2. The number of nitrogens with zero attached hydrogens (tertiary/aromatic N) is 2. The molecule has 6 nitrogen and oxygen atoms in total. The van der Waals surface area contributed by atoms with Crippen molar-refractivity contribution in [3.8, 4) is 0 Å². The Labute approximate surface area is 130 Å². The van der Waals surface area contributed by atoms with Crippen molar-refractivity contribution in [1.29, 1.82) is 0 Å². The van der Waals surface area contributed by atoms with Gasteiger partial charge >= 0.3 is 0 Å². The van der Waals surface area contributed by atoms with Gasteiger partial charge in [0.25, 0.3) is 0 Å². The lowest BCUT2D eigenvalue weighted by atomic mass is 9.75. The lowest BCUT2D eigenvalue weighted by molar-refractivity contribution is -0.153. The third-order valence-corrected chi connectivity index (χ3v) is 6.00. The Morgan fingerprint density at radius 3 is 2.64 bits per heavy atom. The van der Waals surface area contributed by atoms with Crippen LogP contribution in [0.2, 0.25) is 0 Å². The van der Waals surface area contributed by atoms with Gasteiger partial charge in [-0.3, -0.25) is 9.59 Å². The summed E-state index contributed by atoms with van der Waals surface area (Å²) in [6, 6.07) is 0. The highest BCUT2D eigenvalue weighted by molar-refractivity contribution is 5.87. The highest BCUT2D eigenvalue weighted by Gasteiger charge is 2.61. The zero-order valence-electron chi connectivity index (χ0n) is 13.3. The van der Waals surface area contributed by atoms with Crippen molar-refractivity contribution in [3.05, 3.63) is 0 Å². The standard InChI is InChI=1S/C16H24N2O4/c1-17(2)15(20)16-4-6-22-12(16)3-5-18(9-16)14(19)13-10-7-21-8-11(10)13/h10-13H,3-9H2,1-2H3/t10-,11+,12-,13?,16-/m1/s1. The molecule has 6 heteroatoms. The molecule has 3 heterocycles. The summed E-state index contributed by atoms with van der Waals surface area (Å²) in [4.78, 5) is 29.1. The molecule has 0 aromatic rings. The molecule has 0 spiro atoms. The maximum absolute atomic E-state index is 12.8. The molecule has 0 aromatic heterocycles. The van der Waals surface area contributed by atoms with E-state index in [0.717, 1.165) is 26.1 Å². The minimum Gasteiger partial charge on any atom is -0.381 e. The fourth-order valence-electron chi connectivity index (χ4n) is 4.70. The molecule has 0 N–H and O–H groups in total. The van der Waals surface area contributed by atoms with Gasteiger partial charge in [-0.15, -0.1) is 0 Å². The van der Waals surface area contributed by atoms with E-state index in [1.165, 1.54) is 0 Å². The van der Waals surface area contributed by atoms with Crippen LogP contribution in [0, 0.1) is 23.2 Å². The van der Waals surface area contributed by atoms with Crippen molar-refractivity contribution in [1.82, 2.24) is 9.80 Å². The molecule has 122 valence electrons. The molecule has 2 amide bonds. The van der Waals surface area contributed by atoms with Crippen LogP contribution in [0.1, 0.15) is 12.8 Å². The number of rotatable bonds is 2. The van der Waals surface area contributed by atoms with Crippen LogP contribution in [0.5, 0.6) is 0 Å². The number of likely N-dealkylation sites (tertiary alicyclic amines) is 1. The summed E-state index contributed by atoms with van der Waals surface area (Å²) in [5, 5.41) is 0. The van der Waals surface area contributed by atoms with Crippen molar-refractivity contribution >= 4 is 11.8 Å². The van der Waals surface area contributed by atoms with Crippen LogP contribution in [-0.2, 0) is 19.1 Å². The molecule has 5 atom stereocenters. The first-order chi connectivity index (χ1) is 10.5. The maximum atomic E-state index is 12.8. The number of hydrogen-bond donors (Lipinski definition) is 0. The van der Waals surface area contributed by atoms with Crippen molar-refractivity contribution in [2.75, 3.05) is 47.0 Å². The average molecular weight is 308 g/mol. The first kappa shape index (κ1) is 14.5. The van der Waals surface area contributed by atoms with E-state index < -0.39 is 5.41 Å². The molecule has 4 aliphatic rings. The monoisotopic (exact) mass is 308 g/mol. The second-order valence-electron chi connectivity index (χ2n) is 7.40. The Hall–Kier alpha value is -1.14. The number of hydrogen-bond acceptors (Lipinski definition) is 4. The van der Waals surface area contributed by atoms with Gasteiger partial charge in [0.2, 0.25) is 11.8 Å². The number of fused-ring (bicyclic) bond motifs is 2. The number of carbonyl (C=O) groups is 2. The van der Waals surface area contributed by atoms with Gasteiger partial charge in [-0.1, -0.05) is 0 Å². The molecule has 22 heavy (non-hydrogen) atoms. The SMILES string of the molecule is CN(C)C(=O)[C@@]12CCO[C@@H]1CCN(C(=O)C1[C@H]3COC[C@@H]13)C2. The number of amides is 2. The Balaban J connectivity index is 1.52. The van der Waals surface area contributed by atoms with Crippen molar-refractivity contribution in [2.24, 2.45) is 23.2 Å². The van der Waals surface area contributed by atoms with Crippen LogP contribution in [-0.4, -0.2) is 74.7 Å². The van der Waals surface area contributed by atoms with Crippen LogP contribution in [0.25, 0.3) is 0 Å². The van der Waals surface area contributed by atoms with E-state index in [4.69, 9.17) is 9.47 Å². The molecule has 1 aliphatic carbocycles. The molecular weight excluding hydrogens is 284 g/mol. The normalized spacial score (nSPS) is 42.7. The Kier molecular flexibility index (Phi) is 3.24. The summed E-state index contributed by atoms with van der Waals surface area (Å²) in [5.74, 6) is 1.32. The van der Waals surface area contributed by atoms with Gasteiger partial charge in [-0.25, -0.2) is 0 Å². The van der Waals surface area contributed by atoms with Gasteiger partial charge in [0, 0.05) is 39.7 Å².